The molecule has 0 saturated heterocycles. The van der Waals surface area contributed by atoms with Gasteiger partial charge in [0.2, 0.25) is 5.89 Å². The number of benzene rings is 3. The average molecular weight is 364 g/mol. The van der Waals surface area contributed by atoms with Gasteiger partial charge < -0.3 is 15.1 Å². The Kier molecular flexibility index (Phi) is 4.29. The number of halogens is 1. The lowest BCUT2D eigenvalue weighted by atomic mass is 10.2. The molecule has 5 nitrogen and oxygen atoms in total. The van der Waals surface area contributed by atoms with Crippen LogP contribution in [0.2, 0.25) is 5.02 Å². The Morgan fingerprint density at radius 2 is 1.65 bits per heavy atom. The highest BCUT2D eigenvalue weighted by Gasteiger charge is 2.10. The molecule has 26 heavy (non-hydrogen) atoms. The number of hydrogen-bond acceptors (Lipinski definition) is 3. The summed E-state index contributed by atoms with van der Waals surface area (Å²) >= 11 is 5.92. The predicted octanol–water partition coefficient (Wildman–Crippen LogP) is 5.79. The molecule has 1 heterocycles. The smallest absolute Gasteiger partial charge is 0.323 e. The molecular formula is C20H14ClN3O2. The molecule has 0 aliphatic rings. The van der Waals surface area contributed by atoms with Crippen LogP contribution in [0.15, 0.2) is 77.2 Å². The van der Waals surface area contributed by atoms with E-state index in [0.29, 0.717) is 27.9 Å². The summed E-state index contributed by atoms with van der Waals surface area (Å²) in [7, 11) is 0. The van der Waals surface area contributed by atoms with Gasteiger partial charge in [-0.3, -0.25) is 0 Å². The number of hydrogen-bond donors (Lipinski definition) is 2. The van der Waals surface area contributed by atoms with Crippen molar-refractivity contribution in [2.75, 3.05) is 10.6 Å². The van der Waals surface area contributed by atoms with Crippen molar-refractivity contribution in [3.05, 3.63) is 77.8 Å². The molecule has 0 unspecified atom stereocenters. The maximum atomic E-state index is 12.1. The van der Waals surface area contributed by atoms with Crippen molar-refractivity contribution in [3.8, 4) is 11.5 Å². The monoisotopic (exact) mass is 363 g/mol. The van der Waals surface area contributed by atoms with E-state index in [0.717, 1.165) is 11.1 Å². The van der Waals surface area contributed by atoms with Gasteiger partial charge in [-0.15, -0.1) is 0 Å². The van der Waals surface area contributed by atoms with Crippen LogP contribution in [0, 0.1) is 0 Å². The molecule has 4 rings (SSSR count). The van der Waals surface area contributed by atoms with Crippen molar-refractivity contribution < 1.29 is 9.21 Å². The summed E-state index contributed by atoms with van der Waals surface area (Å²) in [4.78, 5) is 16.6. The molecule has 4 aromatic rings. The number of fused-ring (bicyclic) bond motifs is 1. The Morgan fingerprint density at radius 1 is 0.885 bits per heavy atom. The van der Waals surface area contributed by atoms with Crippen LogP contribution in [-0.2, 0) is 0 Å². The number of urea groups is 1. The molecule has 128 valence electrons. The zero-order valence-corrected chi connectivity index (χ0v) is 14.3. The number of carbonyl (C=O) groups excluding carboxylic acids is 1. The minimum Gasteiger partial charge on any atom is -0.436 e. The zero-order valence-electron chi connectivity index (χ0n) is 13.6. The molecule has 0 aliphatic carbocycles. The van der Waals surface area contributed by atoms with Gasteiger partial charge in [0.1, 0.15) is 5.52 Å². The van der Waals surface area contributed by atoms with E-state index in [9.17, 15) is 4.79 Å². The molecule has 2 amide bonds. The summed E-state index contributed by atoms with van der Waals surface area (Å²) in [5.41, 5.74) is 3.45. The maximum absolute atomic E-state index is 12.1. The van der Waals surface area contributed by atoms with Gasteiger partial charge >= 0.3 is 6.03 Å². The van der Waals surface area contributed by atoms with E-state index in [1.165, 1.54) is 0 Å². The van der Waals surface area contributed by atoms with Crippen LogP contribution in [0.1, 0.15) is 0 Å². The molecule has 2 N–H and O–H groups in total. The first-order chi connectivity index (χ1) is 12.7. The number of amides is 2. The third-order valence-corrected chi connectivity index (χ3v) is 3.98. The predicted molar refractivity (Wildman–Crippen MR) is 104 cm³/mol. The van der Waals surface area contributed by atoms with E-state index in [4.69, 9.17) is 16.0 Å². The van der Waals surface area contributed by atoms with Crippen molar-refractivity contribution >= 4 is 40.1 Å². The molecule has 0 atom stereocenters. The summed E-state index contributed by atoms with van der Waals surface area (Å²) in [6.45, 7) is 0. The first-order valence-electron chi connectivity index (χ1n) is 7.97. The molecule has 0 saturated carbocycles. The highest BCUT2D eigenvalue weighted by Crippen LogP contribution is 2.26. The number of anilines is 2. The van der Waals surface area contributed by atoms with E-state index < -0.39 is 0 Å². The summed E-state index contributed by atoms with van der Waals surface area (Å²) in [6, 6.07) is 21.6. The standard InChI is InChI=1S/C20H14ClN3O2/c21-14-7-4-8-15(11-14)22-20(25)23-16-9-10-17-18(12-16)26-19(24-17)13-5-2-1-3-6-13/h1-12H,(H2,22,23,25). The molecular weight excluding hydrogens is 350 g/mol. The molecule has 6 heteroatoms. The van der Waals surface area contributed by atoms with Gasteiger partial charge in [0.05, 0.1) is 0 Å². The van der Waals surface area contributed by atoms with Gasteiger partial charge in [0.15, 0.2) is 5.58 Å². The topological polar surface area (TPSA) is 67.2 Å². The van der Waals surface area contributed by atoms with E-state index in [1.807, 2.05) is 30.3 Å². The normalized spacial score (nSPS) is 10.7. The van der Waals surface area contributed by atoms with Crippen molar-refractivity contribution in [1.29, 1.82) is 0 Å². The van der Waals surface area contributed by atoms with E-state index in [1.54, 1.807) is 42.5 Å². The number of carbonyl (C=O) groups is 1. The number of aromatic nitrogens is 1. The molecule has 0 fully saturated rings. The third-order valence-electron chi connectivity index (χ3n) is 3.75. The van der Waals surface area contributed by atoms with Crippen LogP contribution in [0.5, 0.6) is 0 Å². The van der Waals surface area contributed by atoms with Crippen LogP contribution in [0.3, 0.4) is 0 Å². The van der Waals surface area contributed by atoms with E-state index >= 15 is 0 Å². The van der Waals surface area contributed by atoms with Gasteiger partial charge in [-0.2, -0.15) is 0 Å². The molecule has 0 aliphatic heterocycles. The van der Waals surface area contributed by atoms with Crippen molar-refractivity contribution in [2.45, 2.75) is 0 Å². The maximum Gasteiger partial charge on any atom is 0.323 e. The number of oxazole rings is 1. The molecule has 0 radical (unpaired) electrons. The Bertz CT molecular complexity index is 1080. The second-order valence-electron chi connectivity index (χ2n) is 5.66. The number of rotatable bonds is 3. The van der Waals surface area contributed by atoms with Gasteiger partial charge in [-0.1, -0.05) is 35.9 Å². The van der Waals surface area contributed by atoms with Crippen LogP contribution < -0.4 is 10.6 Å². The lowest BCUT2D eigenvalue weighted by Crippen LogP contribution is -2.19. The Balaban J connectivity index is 1.53. The molecule has 0 bridgehead atoms. The van der Waals surface area contributed by atoms with E-state index in [2.05, 4.69) is 15.6 Å². The molecule has 1 aromatic heterocycles. The van der Waals surface area contributed by atoms with Crippen LogP contribution >= 0.6 is 11.6 Å². The molecule has 0 spiro atoms. The highest BCUT2D eigenvalue weighted by molar-refractivity contribution is 6.30. The van der Waals surface area contributed by atoms with E-state index in [-0.39, 0.29) is 6.03 Å². The average Bonchev–Trinajstić information content (AvgIpc) is 3.06. The number of nitrogens with one attached hydrogen (secondary N) is 2. The lowest BCUT2D eigenvalue weighted by Gasteiger charge is -2.07. The number of nitrogens with zero attached hydrogens (tertiary/aromatic N) is 1. The summed E-state index contributed by atoms with van der Waals surface area (Å²) in [6.07, 6.45) is 0. The largest absolute Gasteiger partial charge is 0.436 e. The van der Waals surface area contributed by atoms with Gasteiger partial charge in [0, 0.05) is 28.0 Å². The Labute approximate surface area is 154 Å². The first-order valence-corrected chi connectivity index (χ1v) is 8.35. The van der Waals surface area contributed by atoms with Gasteiger partial charge in [0.25, 0.3) is 0 Å². The van der Waals surface area contributed by atoms with Crippen molar-refractivity contribution in [3.63, 3.8) is 0 Å². The second kappa shape index (κ2) is 6.90. The summed E-state index contributed by atoms with van der Waals surface area (Å²) < 4.78 is 5.81. The fourth-order valence-corrected chi connectivity index (χ4v) is 2.76. The summed E-state index contributed by atoms with van der Waals surface area (Å²) in [5, 5.41) is 6.05. The zero-order chi connectivity index (χ0) is 17.9. The highest BCUT2D eigenvalue weighted by atomic mass is 35.5. The SMILES string of the molecule is O=C(Nc1cccc(Cl)c1)Nc1ccc2nc(-c3ccccc3)oc2c1. The van der Waals surface area contributed by atoms with Crippen molar-refractivity contribution in [2.24, 2.45) is 0 Å². The van der Waals surface area contributed by atoms with Crippen LogP contribution in [-0.4, -0.2) is 11.0 Å². The van der Waals surface area contributed by atoms with Gasteiger partial charge in [-0.05, 0) is 42.5 Å². The first kappa shape index (κ1) is 16.2. The van der Waals surface area contributed by atoms with Gasteiger partial charge in [-0.25, -0.2) is 9.78 Å². The van der Waals surface area contributed by atoms with Crippen molar-refractivity contribution in [1.82, 2.24) is 4.98 Å². The summed E-state index contributed by atoms with van der Waals surface area (Å²) in [5.74, 6) is 0.543. The second-order valence-corrected chi connectivity index (χ2v) is 6.09. The minimum absolute atomic E-state index is 0.366. The molecule has 3 aromatic carbocycles. The van der Waals surface area contributed by atoms with Crippen LogP contribution in [0.25, 0.3) is 22.6 Å². The Hall–Kier alpha value is -3.31. The fraction of sp³-hybridized carbons (Fsp3) is 0. The lowest BCUT2D eigenvalue weighted by molar-refractivity contribution is 0.262. The quantitative estimate of drug-likeness (QED) is 0.484. The van der Waals surface area contributed by atoms with Crippen LogP contribution in [0.4, 0.5) is 16.2 Å². The fourth-order valence-electron chi connectivity index (χ4n) is 2.57. The Morgan fingerprint density at radius 3 is 2.42 bits per heavy atom. The third kappa shape index (κ3) is 3.53. The minimum atomic E-state index is -0.366.